The number of hydrogen-bond acceptors (Lipinski definition) is 3. The highest BCUT2D eigenvalue weighted by molar-refractivity contribution is 5.58. The fraction of sp³-hybridized carbons (Fsp3) is 0.417. The minimum absolute atomic E-state index is 0.0603. The van der Waals surface area contributed by atoms with Gasteiger partial charge in [0.1, 0.15) is 6.29 Å². The van der Waals surface area contributed by atoms with Crippen molar-refractivity contribution >= 4 is 6.29 Å². The third-order valence-electron chi connectivity index (χ3n) is 2.91. The number of aryl methyl sites for hydroxylation is 2. The molecule has 1 aromatic carbocycles. The molecule has 0 aliphatic carbocycles. The first kappa shape index (κ1) is 10.3. The summed E-state index contributed by atoms with van der Waals surface area (Å²) in [7, 11) is 0. The van der Waals surface area contributed by atoms with Gasteiger partial charge in [-0.25, -0.2) is 10.9 Å². The number of carbonyl (C=O) groups excluding carboxylic acids is 1. The molecule has 1 aliphatic heterocycles. The van der Waals surface area contributed by atoms with Crippen LogP contribution in [0.15, 0.2) is 18.2 Å². The number of hydrazine groups is 1. The largest absolute Gasteiger partial charge is 0.302 e. The maximum Gasteiger partial charge on any atom is 0.138 e. The van der Waals surface area contributed by atoms with Gasteiger partial charge in [-0.15, -0.1) is 0 Å². The molecule has 0 spiro atoms. The van der Waals surface area contributed by atoms with Crippen LogP contribution in [0.5, 0.6) is 0 Å². The summed E-state index contributed by atoms with van der Waals surface area (Å²) in [5, 5.41) is 0. The molecule has 0 radical (unpaired) electrons. The predicted molar refractivity (Wildman–Crippen MR) is 59.4 cm³/mol. The maximum absolute atomic E-state index is 10.6. The van der Waals surface area contributed by atoms with E-state index >= 15 is 0 Å². The lowest BCUT2D eigenvalue weighted by molar-refractivity contribution is -0.109. The Morgan fingerprint density at radius 1 is 1.33 bits per heavy atom. The Morgan fingerprint density at radius 3 is 2.80 bits per heavy atom. The summed E-state index contributed by atoms with van der Waals surface area (Å²) in [5.74, 6) is 0. The van der Waals surface area contributed by atoms with E-state index in [-0.39, 0.29) is 12.1 Å². The smallest absolute Gasteiger partial charge is 0.138 e. The van der Waals surface area contributed by atoms with Gasteiger partial charge in [0, 0.05) is 6.04 Å². The van der Waals surface area contributed by atoms with Gasteiger partial charge in [-0.1, -0.05) is 23.8 Å². The Balaban J connectivity index is 2.23. The van der Waals surface area contributed by atoms with Crippen LogP contribution in [0.4, 0.5) is 0 Å². The highest BCUT2D eigenvalue weighted by Crippen LogP contribution is 2.25. The van der Waals surface area contributed by atoms with Crippen LogP contribution in [0.1, 0.15) is 29.2 Å². The summed E-state index contributed by atoms with van der Waals surface area (Å²) in [6.45, 7) is 4.19. The average molecular weight is 204 g/mol. The molecule has 3 nitrogen and oxygen atoms in total. The van der Waals surface area contributed by atoms with Gasteiger partial charge < -0.3 is 4.79 Å². The second kappa shape index (κ2) is 4.13. The van der Waals surface area contributed by atoms with Gasteiger partial charge in [-0.05, 0) is 31.4 Å². The van der Waals surface area contributed by atoms with Crippen molar-refractivity contribution in [2.75, 3.05) is 0 Å². The second-order valence-corrected chi connectivity index (χ2v) is 4.18. The van der Waals surface area contributed by atoms with Gasteiger partial charge in [0.15, 0.2) is 0 Å². The predicted octanol–water partition coefficient (Wildman–Crippen LogP) is 1.41. The summed E-state index contributed by atoms with van der Waals surface area (Å²) in [6.07, 6.45) is 1.78. The molecule has 3 heteroatoms. The lowest BCUT2D eigenvalue weighted by Gasteiger charge is -2.13. The van der Waals surface area contributed by atoms with Crippen LogP contribution in [0.2, 0.25) is 0 Å². The Bertz CT molecular complexity index is 376. The highest BCUT2D eigenvalue weighted by atomic mass is 16.1. The van der Waals surface area contributed by atoms with Crippen molar-refractivity contribution in [3.63, 3.8) is 0 Å². The molecule has 1 heterocycles. The van der Waals surface area contributed by atoms with E-state index < -0.39 is 0 Å². The Kier molecular flexibility index (Phi) is 2.84. The first-order chi connectivity index (χ1) is 7.20. The van der Waals surface area contributed by atoms with E-state index in [0.29, 0.717) is 0 Å². The summed E-state index contributed by atoms with van der Waals surface area (Å²) in [5.41, 5.74) is 9.95. The van der Waals surface area contributed by atoms with Crippen molar-refractivity contribution in [3.05, 3.63) is 34.9 Å². The van der Waals surface area contributed by atoms with Gasteiger partial charge in [0.2, 0.25) is 0 Å². The van der Waals surface area contributed by atoms with E-state index in [1.54, 1.807) is 0 Å². The molecule has 1 saturated heterocycles. The normalized spacial score (nSPS) is 25.5. The zero-order valence-corrected chi connectivity index (χ0v) is 9.08. The molecule has 2 unspecified atom stereocenters. The Hall–Kier alpha value is -1.19. The minimum Gasteiger partial charge on any atom is -0.302 e. The third kappa shape index (κ3) is 2.08. The molecule has 80 valence electrons. The topological polar surface area (TPSA) is 41.1 Å². The van der Waals surface area contributed by atoms with Gasteiger partial charge in [0.25, 0.3) is 0 Å². The molecule has 1 aliphatic rings. The highest BCUT2D eigenvalue weighted by Gasteiger charge is 2.25. The van der Waals surface area contributed by atoms with E-state index in [9.17, 15) is 4.79 Å². The number of rotatable bonds is 2. The lowest BCUT2D eigenvalue weighted by Crippen LogP contribution is -2.31. The van der Waals surface area contributed by atoms with E-state index in [4.69, 9.17) is 0 Å². The van der Waals surface area contributed by atoms with E-state index in [1.807, 2.05) is 0 Å². The SMILES string of the molecule is Cc1ccc(C)c(C2CC(C=O)NN2)c1. The molecule has 15 heavy (non-hydrogen) atoms. The zero-order valence-electron chi connectivity index (χ0n) is 9.08. The quantitative estimate of drug-likeness (QED) is 0.716. The minimum atomic E-state index is -0.0603. The molecule has 2 N–H and O–H groups in total. The fourth-order valence-corrected chi connectivity index (χ4v) is 2.01. The van der Waals surface area contributed by atoms with Crippen LogP contribution in [0.25, 0.3) is 0 Å². The van der Waals surface area contributed by atoms with E-state index in [1.165, 1.54) is 16.7 Å². The lowest BCUT2D eigenvalue weighted by atomic mass is 9.96. The van der Waals surface area contributed by atoms with Crippen molar-refractivity contribution in [3.8, 4) is 0 Å². The number of hydrogen-bond donors (Lipinski definition) is 2. The molecule has 0 amide bonds. The van der Waals surface area contributed by atoms with Gasteiger partial charge >= 0.3 is 0 Å². The molecule has 0 aromatic heterocycles. The number of nitrogens with one attached hydrogen (secondary N) is 2. The summed E-state index contributed by atoms with van der Waals surface area (Å²) < 4.78 is 0. The number of aldehydes is 1. The summed E-state index contributed by atoms with van der Waals surface area (Å²) in [6, 6.07) is 6.61. The molecule has 0 bridgehead atoms. The Morgan fingerprint density at radius 2 is 2.13 bits per heavy atom. The van der Waals surface area contributed by atoms with Crippen LogP contribution in [-0.4, -0.2) is 12.3 Å². The maximum atomic E-state index is 10.6. The zero-order chi connectivity index (χ0) is 10.8. The average Bonchev–Trinajstić information content (AvgIpc) is 2.70. The molecule has 0 saturated carbocycles. The van der Waals surface area contributed by atoms with Gasteiger partial charge in [-0.3, -0.25) is 0 Å². The molecular formula is C12H16N2O. The van der Waals surface area contributed by atoms with Crippen LogP contribution in [-0.2, 0) is 4.79 Å². The van der Waals surface area contributed by atoms with Crippen LogP contribution < -0.4 is 10.9 Å². The number of carbonyl (C=O) groups is 1. The van der Waals surface area contributed by atoms with Gasteiger partial charge in [-0.2, -0.15) is 0 Å². The fourth-order valence-electron chi connectivity index (χ4n) is 2.01. The monoisotopic (exact) mass is 204 g/mol. The molecule has 2 rings (SSSR count). The summed E-state index contributed by atoms with van der Waals surface area (Å²) in [4.78, 5) is 10.6. The standard InChI is InChI=1S/C12H16N2O/c1-8-3-4-9(2)11(5-8)12-6-10(7-15)13-14-12/h3-5,7,10,12-14H,6H2,1-2H3. The number of benzene rings is 1. The molecule has 1 aromatic rings. The van der Waals surface area contributed by atoms with E-state index in [2.05, 4.69) is 42.9 Å². The first-order valence-electron chi connectivity index (χ1n) is 5.24. The molecular weight excluding hydrogens is 188 g/mol. The first-order valence-corrected chi connectivity index (χ1v) is 5.24. The van der Waals surface area contributed by atoms with E-state index in [0.717, 1.165) is 12.7 Å². The van der Waals surface area contributed by atoms with Crippen molar-refractivity contribution in [1.82, 2.24) is 10.9 Å². The van der Waals surface area contributed by atoms with Crippen LogP contribution >= 0.6 is 0 Å². The molecule has 1 fully saturated rings. The summed E-state index contributed by atoms with van der Waals surface area (Å²) >= 11 is 0. The third-order valence-corrected chi connectivity index (χ3v) is 2.91. The Labute approximate surface area is 89.8 Å². The van der Waals surface area contributed by atoms with Crippen molar-refractivity contribution in [2.24, 2.45) is 0 Å². The van der Waals surface area contributed by atoms with Crippen molar-refractivity contribution < 1.29 is 4.79 Å². The van der Waals surface area contributed by atoms with Crippen molar-refractivity contribution in [2.45, 2.75) is 32.4 Å². The van der Waals surface area contributed by atoms with Crippen molar-refractivity contribution in [1.29, 1.82) is 0 Å². The van der Waals surface area contributed by atoms with Crippen LogP contribution in [0.3, 0.4) is 0 Å². The van der Waals surface area contributed by atoms with Gasteiger partial charge in [0.05, 0.1) is 6.04 Å². The molecule has 2 atom stereocenters. The van der Waals surface area contributed by atoms with Crippen LogP contribution in [0, 0.1) is 13.8 Å². The second-order valence-electron chi connectivity index (χ2n) is 4.18.